The van der Waals surface area contributed by atoms with E-state index in [-0.39, 0.29) is 0 Å². The lowest BCUT2D eigenvalue weighted by Crippen LogP contribution is -2.00. The van der Waals surface area contributed by atoms with Crippen molar-refractivity contribution in [2.24, 2.45) is 0 Å². The lowest BCUT2D eigenvalue weighted by atomic mass is 9.97. The van der Waals surface area contributed by atoms with Crippen LogP contribution in [0.15, 0.2) is 36.4 Å². The Bertz CT molecular complexity index is 590. The summed E-state index contributed by atoms with van der Waals surface area (Å²) in [6.07, 6.45) is 0.981. The zero-order chi connectivity index (χ0) is 14.0. The molecule has 0 saturated carbocycles. The summed E-state index contributed by atoms with van der Waals surface area (Å²) in [4.78, 5) is 0.298. The Morgan fingerprint density at radius 3 is 2.42 bits per heavy atom. The molecule has 100 valence electrons. The molecule has 0 nitrogen and oxygen atoms in total. The van der Waals surface area contributed by atoms with Gasteiger partial charge in [0.2, 0.25) is 0 Å². The van der Waals surface area contributed by atoms with Crippen LogP contribution in [-0.2, 0) is 6.42 Å². The molecule has 2 aromatic rings. The standard InChI is InChI=1S/C17H18BrCl/c1-11-4-5-12(2)14(8-11)9-17(18)16-10-15(19)7-6-13(16)3/h4-8,10,17H,9H2,1-3H3. The van der Waals surface area contributed by atoms with Crippen molar-refractivity contribution in [1.29, 1.82) is 0 Å². The van der Waals surface area contributed by atoms with Gasteiger partial charge < -0.3 is 0 Å². The van der Waals surface area contributed by atoms with E-state index in [1.807, 2.05) is 6.07 Å². The van der Waals surface area contributed by atoms with Gasteiger partial charge in [0, 0.05) is 9.85 Å². The fourth-order valence-electron chi connectivity index (χ4n) is 2.27. The quantitative estimate of drug-likeness (QED) is 0.608. The van der Waals surface area contributed by atoms with Gasteiger partial charge in [-0.15, -0.1) is 0 Å². The highest BCUT2D eigenvalue weighted by atomic mass is 79.9. The maximum atomic E-state index is 6.10. The first kappa shape index (κ1) is 14.6. The van der Waals surface area contributed by atoms with Crippen LogP contribution < -0.4 is 0 Å². The van der Waals surface area contributed by atoms with Crippen LogP contribution in [0.4, 0.5) is 0 Å². The molecular formula is C17H18BrCl. The van der Waals surface area contributed by atoms with Gasteiger partial charge in [-0.05, 0) is 61.6 Å². The number of alkyl halides is 1. The summed E-state index contributed by atoms with van der Waals surface area (Å²) in [5, 5.41) is 0.797. The van der Waals surface area contributed by atoms with E-state index in [4.69, 9.17) is 11.6 Å². The van der Waals surface area contributed by atoms with Crippen LogP contribution in [-0.4, -0.2) is 0 Å². The summed E-state index contributed by atoms with van der Waals surface area (Å²) in [7, 11) is 0. The molecule has 0 spiro atoms. The molecule has 0 bridgehead atoms. The van der Waals surface area contributed by atoms with E-state index in [0.717, 1.165) is 11.4 Å². The number of hydrogen-bond donors (Lipinski definition) is 0. The maximum absolute atomic E-state index is 6.10. The second-order valence-corrected chi connectivity index (χ2v) is 6.64. The van der Waals surface area contributed by atoms with E-state index in [1.165, 1.54) is 27.8 Å². The minimum atomic E-state index is 0.298. The summed E-state index contributed by atoms with van der Waals surface area (Å²) in [6.45, 7) is 6.43. The zero-order valence-electron chi connectivity index (χ0n) is 11.5. The van der Waals surface area contributed by atoms with E-state index < -0.39 is 0 Å². The first-order valence-corrected chi connectivity index (χ1v) is 7.73. The molecule has 0 aliphatic carbocycles. The summed E-state index contributed by atoms with van der Waals surface area (Å²) in [5.74, 6) is 0. The smallest absolute Gasteiger partial charge is 0.0438 e. The Morgan fingerprint density at radius 2 is 1.68 bits per heavy atom. The molecule has 2 aromatic carbocycles. The van der Waals surface area contributed by atoms with Gasteiger partial charge in [0.1, 0.15) is 0 Å². The third-order valence-electron chi connectivity index (χ3n) is 3.48. The van der Waals surface area contributed by atoms with Crippen molar-refractivity contribution in [2.75, 3.05) is 0 Å². The molecule has 0 saturated heterocycles. The summed E-state index contributed by atoms with van der Waals surface area (Å²) in [6, 6.07) is 12.7. The number of benzene rings is 2. The molecule has 1 atom stereocenters. The molecule has 0 aliphatic rings. The highest BCUT2D eigenvalue weighted by molar-refractivity contribution is 9.09. The SMILES string of the molecule is Cc1ccc(C)c(CC(Br)c2cc(Cl)ccc2C)c1. The molecule has 0 aromatic heterocycles. The predicted molar refractivity (Wildman–Crippen MR) is 87.5 cm³/mol. The maximum Gasteiger partial charge on any atom is 0.0438 e. The van der Waals surface area contributed by atoms with E-state index in [0.29, 0.717) is 4.83 Å². The molecule has 2 rings (SSSR count). The Labute approximate surface area is 128 Å². The van der Waals surface area contributed by atoms with Crippen molar-refractivity contribution in [2.45, 2.75) is 32.0 Å². The molecular weight excluding hydrogens is 320 g/mol. The first-order valence-electron chi connectivity index (χ1n) is 6.43. The van der Waals surface area contributed by atoms with Crippen LogP contribution in [0.1, 0.15) is 32.6 Å². The van der Waals surface area contributed by atoms with Crippen LogP contribution in [0.5, 0.6) is 0 Å². The average Bonchev–Trinajstić information content (AvgIpc) is 2.36. The Balaban J connectivity index is 2.27. The molecule has 0 radical (unpaired) electrons. The van der Waals surface area contributed by atoms with E-state index in [1.54, 1.807) is 0 Å². The zero-order valence-corrected chi connectivity index (χ0v) is 13.8. The Morgan fingerprint density at radius 1 is 1.00 bits per heavy atom. The van der Waals surface area contributed by atoms with Crippen molar-refractivity contribution in [1.82, 2.24) is 0 Å². The van der Waals surface area contributed by atoms with Gasteiger partial charge in [-0.2, -0.15) is 0 Å². The van der Waals surface area contributed by atoms with Crippen molar-refractivity contribution >= 4 is 27.5 Å². The fraction of sp³-hybridized carbons (Fsp3) is 0.294. The molecule has 19 heavy (non-hydrogen) atoms. The molecule has 1 unspecified atom stereocenters. The monoisotopic (exact) mass is 336 g/mol. The minimum absolute atomic E-state index is 0.298. The van der Waals surface area contributed by atoms with Crippen LogP contribution in [0.2, 0.25) is 5.02 Å². The number of halogens is 2. The van der Waals surface area contributed by atoms with Crippen molar-refractivity contribution in [3.8, 4) is 0 Å². The Hall–Kier alpha value is -0.790. The topological polar surface area (TPSA) is 0 Å². The lowest BCUT2D eigenvalue weighted by molar-refractivity contribution is 0.927. The van der Waals surface area contributed by atoms with Gasteiger partial charge in [0.05, 0.1) is 0 Å². The van der Waals surface area contributed by atoms with Gasteiger partial charge in [-0.3, -0.25) is 0 Å². The van der Waals surface area contributed by atoms with Crippen LogP contribution >= 0.6 is 27.5 Å². The van der Waals surface area contributed by atoms with Gasteiger partial charge >= 0.3 is 0 Å². The number of aryl methyl sites for hydroxylation is 3. The van der Waals surface area contributed by atoms with Crippen LogP contribution in [0.3, 0.4) is 0 Å². The van der Waals surface area contributed by atoms with Gasteiger partial charge in [0.25, 0.3) is 0 Å². The van der Waals surface area contributed by atoms with Gasteiger partial charge in [0.15, 0.2) is 0 Å². The second kappa shape index (κ2) is 6.11. The average molecular weight is 338 g/mol. The molecule has 0 N–H and O–H groups in total. The summed E-state index contributed by atoms with van der Waals surface area (Å²) in [5.41, 5.74) is 6.59. The molecule has 0 fully saturated rings. The normalized spacial score (nSPS) is 12.5. The lowest BCUT2D eigenvalue weighted by Gasteiger charge is -2.15. The first-order chi connectivity index (χ1) is 8.97. The molecule has 0 heterocycles. The molecule has 0 aliphatic heterocycles. The minimum Gasteiger partial charge on any atom is -0.0843 e. The van der Waals surface area contributed by atoms with E-state index >= 15 is 0 Å². The second-order valence-electron chi connectivity index (χ2n) is 5.10. The number of rotatable bonds is 3. The summed E-state index contributed by atoms with van der Waals surface area (Å²) < 4.78 is 0. The largest absolute Gasteiger partial charge is 0.0843 e. The molecule has 0 amide bonds. The van der Waals surface area contributed by atoms with Crippen molar-refractivity contribution in [3.05, 3.63) is 69.2 Å². The van der Waals surface area contributed by atoms with Gasteiger partial charge in [-0.1, -0.05) is 57.4 Å². The fourth-order valence-corrected chi connectivity index (χ4v) is 3.29. The van der Waals surface area contributed by atoms with E-state index in [2.05, 4.69) is 67.0 Å². The van der Waals surface area contributed by atoms with Crippen molar-refractivity contribution < 1.29 is 0 Å². The van der Waals surface area contributed by atoms with Crippen molar-refractivity contribution in [3.63, 3.8) is 0 Å². The molecule has 2 heteroatoms. The van der Waals surface area contributed by atoms with Gasteiger partial charge in [-0.25, -0.2) is 0 Å². The highest BCUT2D eigenvalue weighted by Gasteiger charge is 2.13. The number of hydrogen-bond acceptors (Lipinski definition) is 0. The summed E-state index contributed by atoms with van der Waals surface area (Å²) >= 11 is 9.91. The third kappa shape index (κ3) is 3.61. The van der Waals surface area contributed by atoms with E-state index in [9.17, 15) is 0 Å². The van der Waals surface area contributed by atoms with Crippen LogP contribution in [0, 0.1) is 20.8 Å². The predicted octanol–water partition coefficient (Wildman–Crippen LogP) is 5.94. The highest BCUT2D eigenvalue weighted by Crippen LogP contribution is 2.32. The third-order valence-corrected chi connectivity index (χ3v) is 4.53. The Kier molecular flexibility index (Phi) is 4.70. The van der Waals surface area contributed by atoms with Crippen LogP contribution in [0.25, 0.3) is 0 Å².